The first-order chi connectivity index (χ1) is 14.3. The standard InChI is InChI=1S/C27H34O3/c1-26-12-10-20(28)16-19(26)6-9-22-23(26)11-13-27(2)24(22)15-18(25(27)29)14-17-4-7-21(30-3)8-5-17/h4-8,14,20,22-24,28H,9-13,15-16H2,1-3H3/b18-14-. The second-order valence-electron chi connectivity index (χ2n) is 10.6. The van der Waals surface area contributed by atoms with E-state index in [-0.39, 0.29) is 16.9 Å². The first-order valence-corrected chi connectivity index (χ1v) is 11.6. The molecule has 3 nitrogen and oxygen atoms in total. The van der Waals surface area contributed by atoms with Gasteiger partial charge in [0.2, 0.25) is 0 Å². The van der Waals surface area contributed by atoms with Gasteiger partial charge in [0, 0.05) is 5.41 Å². The Kier molecular flexibility index (Phi) is 4.74. The maximum absolute atomic E-state index is 13.5. The van der Waals surface area contributed by atoms with Crippen molar-refractivity contribution in [3.63, 3.8) is 0 Å². The Hall–Kier alpha value is -1.87. The zero-order valence-electron chi connectivity index (χ0n) is 18.5. The highest BCUT2D eigenvalue weighted by Crippen LogP contribution is 2.64. The Bertz CT molecular complexity index is 911. The van der Waals surface area contributed by atoms with E-state index in [1.54, 1.807) is 7.11 Å². The second kappa shape index (κ2) is 7.09. The van der Waals surface area contributed by atoms with Crippen molar-refractivity contribution < 1.29 is 14.6 Å². The average Bonchev–Trinajstić information content (AvgIpc) is 3.00. The van der Waals surface area contributed by atoms with E-state index in [4.69, 9.17) is 4.74 Å². The number of ether oxygens (including phenoxy) is 1. The third-order valence-electron chi connectivity index (χ3n) is 9.17. The van der Waals surface area contributed by atoms with Crippen LogP contribution in [0.2, 0.25) is 0 Å². The molecule has 3 heteroatoms. The maximum Gasteiger partial charge on any atom is 0.165 e. The molecule has 1 aromatic carbocycles. The van der Waals surface area contributed by atoms with Gasteiger partial charge in [-0.25, -0.2) is 0 Å². The lowest BCUT2D eigenvalue weighted by Gasteiger charge is -2.56. The lowest BCUT2D eigenvalue weighted by Crippen LogP contribution is -2.50. The summed E-state index contributed by atoms with van der Waals surface area (Å²) in [6, 6.07) is 8.00. The molecule has 0 amide bonds. The number of aliphatic hydroxyl groups excluding tert-OH is 1. The number of hydrogen-bond acceptors (Lipinski definition) is 3. The van der Waals surface area contributed by atoms with Crippen LogP contribution in [0.5, 0.6) is 5.75 Å². The van der Waals surface area contributed by atoms with Gasteiger partial charge in [0.1, 0.15) is 5.75 Å². The van der Waals surface area contributed by atoms with Gasteiger partial charge in [0.15, 0.2) is 5.78 Å². The minimum atomic E-state index is -0.213. The summed E-state index contributed by atoms with van der Waals surface area (Å²) in [6.45, 7) is 4.67. The van der Waals surface area contributed by atoms with Crippen LogP contribution in [0, 0.1) is 28.6 Å². The van der Waals surface area contributed by atoms with Gasteiger partial charge in [-0.2, -0.15) is 0 Å². The summed E-state index contributed by atoms with van der Waals surface area (Å²) in [5.41, 5.74) is 3.58. The zero-order chi connectivity index (χ0) is 21.1. The van der Waals surface area contributed by atoms with E-state index in [9.17, 15) is 9.90 Å². The second-order valence-corrected chi connectivity index (χ2v) is 10.6. The fourth-order valence-corrected chi connectivity index (χ4v) is 7.34. The molecule has 160 valence electrons. The van der Waals surface area contributed by atoms with Crippen molar-refractivity contribution in [2.75, 3.05) is 7.11 Å². The van der Waals surface area contributed by atoms with Crippen molar-refractivity contribution in [3.05, 3.63) is 47.1 Å². The predicted octanol–water partition coefficient (Wildman–Crippen LogP) is 5.58. The van der Waals surface area contributed by atoms with Gasteiger partial charge < -0.3 is 9.84 Å². The fraction of sp³-hybridized carbons (Fsp3) is 0.593. The highest BCUT2D eigenvalue weighted by molar-refractivity contribution is 6.05. The SMILES string of the molecule is COc1ccc(/C=C2/CC3C4CC=C5CC(O)CCC5(C)C4CCC3(C)C2=O)cc1. The van der Waals surface area contributed by atoms with Crippen LogP contribution in [0.1, 0.15) is 64.4 Å². The minimum absolute atomic E-state index is 0.165. The Morgan fingerprint density at radius 1 is 1.03 bits per heavy atom. The van der Waals surface area contributed by atoms with Gasteiger partial charge >= 0.3 is 0 Å². The largest absolute Gasteiger partial charge is 0.497 e. The number of aliphatic hydroxyl groups is 1. The Morgan fingerprint density at radius 3 is 2.50 bits per heavy atom. The van der Waals surface area contributed by atoms with Crippen LogP contribution in [-0.4, -0.2) is 24.1 Å². The lowest BCUT2D eigenvalue weighted by atomic mass is 9.48. The van der Waals surface area contributed by atoms with E-state index in [1.165, 1.54) is 5.57 Å². The molecule has 6 unspecified atom stereocenters. The van der Waals surface area contributed by atoms with Crippen LogP contribution >= 0.6 is 0 Å². The number of Topliss-reactive ketones (excluding diaryl/α,β-unsaturated/α-hetero) is 1. The molecule has 3 fully saturated rings. The van der Waals surface area contributed by atoms with Crippen molar-refractivity contribution in [3.8, 4) is 5.75 Å². The van der Waals surface area contributed by atoms with Crippen molar-refractivity contribution in [2.45, 2.75) is 64.9 Å². The molecule has 0 bridgehead atoms. The fourth-order valence-electron chi connectivity index (χ4n) is 7.34. The molecular formula is C27H34O3. The van der Waals surface area contributed by atoms with E-state index in [2.05, 4.69) is 26.0 Å². The van der Waals surface area contributed by atoms with Crippen LogP contribution in [0.15, 0.2) is 41.5 Å². The molecular weight excluding hydrogens is 372 g/mol. The highest BCUT2D eigenvalue weighted by Gasteiger charge is 2.59. The number of ketones is 1. The molecule has 0 spiro atoms. The molecule has 3 saturated carbocycles. The van der Waals surface area contributed by atoms with E-state index in [0.717, 1.165) is 61.8 Å². The third-order valence-corrected chi connectivity index (χ3v) is 9.17. The van der Waals surface area contributed by atoms with Crippen molar-refractivity contribution in [1.82, 2.24) is 0 Å². The first kappa shape index (κ1) is 20.1. The molecule has 0 aliphatic heterocycles. The Balaban J connectivity index is 1.45. The van der Waals surface area contributed by atoms with E-state index in [0.29, 0.717) is 23.5 Å². The summed E-state index contributed by atoms with van der Waals surface area (Å²) < 4.78 is 5.26. The van der Waals surface area contributed by atoms with Crippen molar-refractivity contribution in [1.29, 1.82) is 0 Å². The number of rotatable bonds is 2. The lowest BCUT2D eigenvalue weighted by molar-refractivity contribution is -0.130. The average molecular weight is 407 g/mol. The Morgan fingerprint density at radius 2 is 1.77 bits per heavy atom. The monoisotopic (exact) mass is 406 g/mol. The quantitative estimate of drug-likeness (QED) is 0.515. The molecule has 30 heavy (non-hydrogen) atoms. The molecule has 0 radical (unpaired) electrons. The smallest absolute Gasteiger partial charge is 0.165 e. The first-order valence-electron chi connectivity index (χ1n) is 11.6. The number of benzene rings is 1. The van der Waals surface area contributed by atoms with E-state index in [1.807, 2.05) is 24.3 Å². The summed E-state index contributed by atoms with van der Waals surface area (Å²) >= 11 is 0. The van der Waals surface area contributed by atoms with Gasteiger partial charge in [-0.1, -0.05) is 37.6 Å². The molecule has 6 atom stereocenters. The normalized spacial score (nSPS) is 41.7. The molecule has 5 rings (SSSR count). The summed E-state index contributed by atoms with van der Waals surface area (Å²) in [5, 5.41) is 10.2. The highest BCUT2D eigenvalue weighted by atomic mass is 16.5. The molecule has 1 N–H and O–H groups in total. The number of allylic oxidation sites excluding steroid dienone is 2. The number of carbonyl (C=O) groups is 1. The summed E-state index contributed by atoms with van der Waals surface area (Å²) in [5.74, 6) is 2.89. The molecule has 0 heterocycles. The topological polar surface area (TPSA) is 46.5 Å². The van der Waals surface area contributed by atoms with Crippen LogP contribution < -0.4 is 4.74 Å². The van der Waals surface area contributed by atoms with Crippen molar-refractivity contribution in [2.24, 2.45) is 28.6 Å². The number of fused-ring (bicyclic) bond motifs is 5. The molecule has 1 aromatic rings. The number of methoxy groups -OCH3 is 1. The van der Waals surface area contributed by atoms with E-state index < -0.39 is 0 Å². The van der Waals surface area contributed by atoms with Gasteiger partial charge in [0.05, 0.1) is 13.2 Å². The minimum Gasteiger partial charge on any atom is -0.497 e. The van der Waals surface area contributed by atoms with Crippen LogP contribution in [0.3, 0.4) is 0 Å². The van der Waals surface area contributed by atoms with Crippen LogP contribution in [0.25, 0.3) is 6.08 Å². The summed E-state index contributed by atoms with van der Waals surface area (Å²) in [6.07, 6.45) is 11.4. The molecule has 0 saturated heterocycles. The Labute approximate surface area is 180 Å². The van der Waals surface area contributed by atoms with Gasteiger partial charge in [0.25, 0.3) is 0 Å². The molecule has 0 aromatic heterocycles. The zero-order valence-corrected chi connectivity index (χ0v) is 18.5. The maximum atomic E-state index is 13.5. The van der Waals surface area contributed by atoms with Crippen LogP contribution in [-0.2, 0) is 4.79 Å². The molecule has 4 aliphatic rings. The van der Waals surface area contributed by atoms with E-state index >= 15 is 0 Å². The third kappa shape index (κ3) is 2.92. The number of carbonyl (C=O) groups excluding carboxylic acids is 1. The van der Waals surface area contributed by atoms with Crippen molar-refractivity contribution >= 4 is 11.9 Å². The van der Waals surface area contributed by atoms with Gasteiger partial charge in [-0.05, 0) is 97.5 Å². The van der Waals surface area contributed by atoms with Gasteiger partial charge in [-0.3, -0.25) is 4.79 Å². The summed E-state index contributed by atoms with van der Waals surface area (Å²) in [4.78, 5) is 13.5. The van der Waals surface area contributed by atoms with Crippen LogP contribution in [0.4, 0.5) is 0 Å². The summed E-state index contributed by atoms with van der Waals surface area (Å²) in [7, 11) is 1.67. The molecule has 4 aliphatic carbocycles. The number of hydrogen-bond donors (Lipinski definition) is 1. The predicted molar refractivity (Wildman–Crippen MR) is 119 cm³/mol. The van der Waals surface area contributed by atoms with Gasteiger partial charge in [-0.15, -0.1) is 0 Å².